The number of aromatic nitrogens is 1. The van der Waals surface area contributed by atoms with Crippen molar-refractivity contribution >= 4 is 40.1 Å². The van der Waals surface area contributed by atoms with Crippen molar-refractivity contribution in [2.45, 2.75) is 27.4 Å². The third kappa shape index (κ3) is 3.99. The first-order valence-electron chi connectivity index (χ1n) is 9.83. The monoisotopic (exact) mass is 453 g/mol. The molecule has 0 aliphatic heterocycles. The van der Waals surface area contributed by atoms with E-state index in [9.17, 15) is 9.90 Å². The summed E-state index contributed by atoms with van der Waals surface area (Å²) in [6, 6.07) is 16.7. The fourth-order valence-corrected chi connectivity index (χ4v) is 3.81. The van der Waals surface area contributed by atoms with Gasteiger partial charge in [-0.1, -0.05) is 74.3 Å². The minimum Gasteiger partial charge on any atom is -0.434 e. The molecule has 4 nitrogen and oxygen atoms in total. The molecule has 2 heterocycles. The van der Waals surface area contributed by atoms with Crippen molar-refractivity contribution < 1.29 is 14.3 Å². The van der Waals surface area contributed by atoms with E-state index in [0.717, 1.165) is 16.7 Å². The average molecular weight is 454 g/mol. The van der Waals surface area contributed by atoms with E-state index in [0.29, 0.717) is 26.7 Å². The van der Waals surface area contributed by atoms with Crippen molar-refractivity contribution in [3.05, 3.63) is 76.0 Å². The molecular weight excluding hydrogens is 433 g/mol. The van der Waals surface area contributed by atoms with Crippen LogP contribution in [0.2, 0.25) is 10.0 Å². The minimum atomic E-state index is -0.664. The number of benzene rings is 2. The Labute approximate surface area is 190 Å². The molecule has 2 aromatic heterocycles. The predicted octanol–water partition coefficient (Wildman–Crippen LogP) is 7.19. The lowest BCUT2D eigenvalue weighted by Gasteiger charge is -2.15. The van der Waals surface area contributed by atoms with Crippen LogP contribution in [-0.4, -0.2) is 15.9 Å². The molecule has 1 N–H and O–H groups in total. The van der Waals surface area contributed by atoms with Gasteiger partial charge in [-0.3, -0.25) is 4.79 Å². The normalized spacial score (nSPS) is 11.8. The fraction of sp³-hybridized carbons (Fsp3) is 0.200. The van der Waals surface area contributed by atoms with Gasteiger partial charge in [-0.25, -0.2) is 4.98 Å². The number of pyridine rings is 1. The Bertz CT molecular complexity index is 1280. The molecule has 0 saturated carbocycles. The van der Waals surface area contributed by atoms with E-state index in [1.807, 2.05) is 57.2 Å². The fourth-order valence-electron chi connectivity index (χ4n) is 3.46. The molecule has 0 aliphatic rings. The van der Waals surface area contributed by atoms with Crippen LogP contribution in [-0.2, 0) is 6.61 Å². The zero-order chi connectivity index (χ0) is 22.3. The minimum absolute atomic E-state index is 0.135. The molecule has 0 atom stereocenters. The second-order valence-electron chi connectivity index (χ2n) is 8.37. The molecule has 0 radical (unpaired) electrons. The van der Waals surface area contributed by atoms with Gasteiger partial charge in [0.2, 0.25) is 11.5 Å². The van der Waals surface area contributed by atoms with Crippen LogP contribution < -0.4 is 0 Å². The maximum absolute atomic E-state index is 12.9. The number of nitrogens with zero attached hydrogens (tertiary/aromatic N) is 1. The number of hydrogen-bond acceptors (Lipinski definition) is 4. The largest absolute Gasteiger partial charge is 0.434 e. The summed E-state index contributed by atoms with van der Waals surface area (Å²) < 4.78 is 5.91. The van der Waals surface area contributed by atoms with E-state index < -0.39 is 5.41 Å². The summed E-state index contributed by atoms with van der Waals surface area (Å²) in [6.45, 7) is 5.10. The molecule has 0 unspecified atom stereocenters. The Hall–Kier alpha value is -2.66. The molecule has 0 bridgehead atoms. The third-order valence-corrected chi connectivity index (χ3v) is 5.70. The standard InChI is InChI=1S/C25H21Cl2NO3/c1-25(2,3)23(30)22-19(13-29)18-12-17(14-8-10-15(26)11-9-14)21(28-24(18)31-22)16-6-4-5-7-20(16)27/h4-12,29H,13H2,1-3H3. The van der Waals surface area contributed by atoms with E-state index in [-0.39, 0.29) is 23.9 Å². The van der Waals surface area contributed by atoms with Gasteiger partial charge in [0.05, 0.1) is 12.3 Å². The molecule has 31 heavy (non-hydrogen) atoms. The predicted molar refractivity (Wildman–Crippen MR) is 125 cm³/mol. The SMILES string of the molecule is CC(C)(C)C(=O)c1oc2nc(-c3ccccc3Cl)c(-c3ccc(Cl)cc3)cc2c1CO. The first-order chi connectivity index (χ1) is 14.7. The molecule has 0 amide bonds. The average Bonchev–Trinajstić information content (AvgIpc) is 3.10. The topological polar surface area (TPSA) is 63.3 Å². The van der Waals surface area contributed by atoms with E-state index in [1.54, 1.807) is 18.2 Å². The van der Waals surface area contributed by atoms with Gasteiger partial charge in [-0.15, -0.1) is 0 Å². The van der Waals surface area contributed by atoms with E-state index >= 15 is 0 Å². The summed E-state index contributed by atoms with van der Waals surface area (Å²) in [7, 11) is 0. The molecule has 0 aliphatic carbocycles. The maximum Gasteiger partial charge on any atom is 0.227 e. The Kier molecular flexibility index (Phi) is 5.65. The number of aliphatic hydroxyl groups excluding tert-OH is 1. The van der Waals surface area contributed by atoms with Crippen LogP contribution in [0.1, 0.15) is 36.9 Å². The van der Waals surface area contributed by atoms with Crippen molar-refractivity contribution in [2.75, 3.05) is 0 Å². The Morgan fingerprint density at radius 3 is 2.32 bits per heavy atom. The quantitative estimate of drug-likeness (QED) is 0.332. The van der Waals surface area contributed by atoms with Crippen molar-refractivity contribution in [3.63, 3.8) is 0 Å². The highest BCUT2D eigenvalue weighted by molar-refractivity contribution is 6.33. The molecule has 0 saturated heterocycles. The van der Waals surface area contributed by atoms with Gasteiger partial charge in [-0.2, -0.15) is 0 Å². The van der Waals surface area contributed by atoms with Gasteiger partial charge in [0, 0.05) is 37.5 Å². The van der Waals surface area contributed by atoms with E-state index in [2.05, 4.69) is 0 Å². The first kappa shape index (κ1) is 21.6. The Balaban J connectivity index is 2.05. The zero-order valence-electron chi connectivity index (χ0n) is 17.4. The van der Waals surface area contributed by atoms with Gasteiger partial charge in [0.15, 0.2) is 5.76 Å². The number of furan rings is 1. The maximum atomic E-state index is 12.9. The lowest BCUT2D eigenvalue weighted by atomic mass is 9.88. The summed E-state index contributed by atoms with van der Waals surface area (Å²) in [5, 5.41) is 11.8. The van der Waals surface area contributed by atoms with Crippen LogP contribution in [0.4, 0.5) is 0 Å². The van der Waals surface area contributed by atoms with Crippen molar-refractivity contribution in [1.82, 2.24) is 4.98 Å². The van der Waals surface area contributed by atoms with Crippen LogP contribution in [0.3, 0.4) is 0 Å². The molecule has 4 aromatic rings. The number of ketones is 1. The number of hydrogen-bond donors (Lipinski definition) is 1. The number of carbonyl (C=O) groups is 1. The summed E-state index contributed by atoms with van der Waals surface area (Å²) >= 11 is 12.6. The van der Waals surface area contributed by atoms with Crippen LogP contribution in [0.25, 0.3) is 33.5 Å². The van der Waals surface area contributed by atoms with Gasteiger partial charge in [0.1, 0.15) is 0 Å². The third-order valence-electron chi connectivity index (χ3n) is 5.12. The van der Waals surface area contributed by atoms with Crippen molar-refractivity contribution in [3.8, 4) is 22.4 Å². The number of rotatable bonds is 4. The Morgan fingerprint density at radius 1 is 1.03 bits per heavy atom. The summed E-state index contributed by atoms with van der Waals surface area (Å²) in [5.41, 5.74) is 3.08. The second-order valence-corrected chi connectivity index (χ2v) is 9.21. The molecule has 6 heteroatoms. The van der Waals surface area contributed by atoms with Crippen LogP contribution in [0, 0.1) is 5.41 Å². The molecule has 4 rings (SSSR count). The summed E-state index contributed by atoms with van der Waals surface area (Å²) in [4.78, 5) is 17.7. The van der Waals surface area contributed by atoms with Crippen molar-refractivity contribution in [1.29, 1.82) is 0 Å². The highest BCUT2D eigenvalue weighted by Gasteiger charge is 2.31. The lowest BCUT2D eigenvalue weighted by Crippen LogP contribution is -2.20. The Morgan fingerprint density at radius 2 is 1.71 bits per heavy atom. The van der Waals surface area contributed by atoms with Gasteiger partial charge >= 0.3 is 0 Å². The molecule has 0 fully saturated rings. The number of carbonyl (C=O) groups excluding carboxylic acids is 1. The number of halogens is 2. The first-order valence-corrected chi connectivity index (χ1v) is 10.6. The van der Waals surface area contributed by atoms with Crippen LogP contribution >= 0.6 is 23.2 Å². The van der Waals surface area contributed by atoms with E-state index in [1.165, 1.54) is 0 Å². The van der Waals surface area contributed by atoms with E-state index in [4.69, 9.17) is 32.6 Å². The van der Waals surface area contributed by atoms with Crippen LogP contribution in [0.15, 0.2) is 59.0 Å². The van der Waals surface area contributed by atoms with Gasteiger partial charge in [0.25, 0.3) is 0 Å². The van der Waals surface area contributed by atoms with Crippen molar-refractivity contribution in [2.24, 2.45) is 5.41 Å². The van der Waals surface area contributed by atoms with Gasteiger partial charge in [-0.05, 0) is 29.8 Å². The molecule has 0 spiro atoms. The van der Waals surface area contributed by atoms with Crippen LogP contribution in [0.5, 0.6) is 0 Å². The lowest BCUT2D eigenvalue weighted by molar-refractivity contribution is 0.0826. The summed E-state index contributed by atoms with van der Waals surface area (Å²) in [6.07, 6.45) is 0. The molecule has 158 valence electrons. The second kappa shape index (κ2) is 8.12. The smallest absolute Gasteiger partial charge is 0.227 e. The number of aliphatic hydroxyl groups is 1. The highest BCUT2D eigenvalue weighted by atomic mass is 35.5. The van der Waals surface area contributed by atoms with Gasteiger partial charge < -0.3 is 9.52 Å². The number of Topliss-reactive ketones (excluding diaryl/α,β-unsaturated/α-hetero) is 1. The number of fused-ring (bicyclic) bond motifs is 1. The highest BCUT2D eigenvalue weighted by Crippen LogP contribution is 2.39. The molecule has 2 aromatic carbocycles. The summed E-state index contributed by atoms with van der Waals surface area (Å²) in [5.74, 6) is -0.0576. The molecular formula is C25H21Cl2NO3. The zero-order valence-corrected chi connectivity index (χ0v) is 18.9.